The molecule has 0 aliphatic carbocycles. The van der Waals surface area contributed by atoms with Gasteiger partial charge < -0.3 is 9.80 Å². The number of rotatable bonds is 4. The van der Waals surface area contributed by atoms with Crippen molar-refractivity contribution in [3.05, 3.63) is 47.2 Å². The van der Waals surface area contributed by atoms with Gasteiger partial charge in [-0.1, -0.05) is 11.6 Å². The molecular weight excluding hydrogens is 384 g/mol. The normalized spacial score (nSPS) is 16.2. The highest BCUT2D eigenvalue weighted by molar-refractivity contribution is 6.31. The van der Waals surface area contributed by atoms with Gasteiger partial charge in [0.15, 0.2) is 5.82 Å². The maximum Gasteiger partial charge on any atom is 0.265 e. The van der Waals surface area contributed by atoms with Crippen LogP contribution in [-0.4, -0.2) is 46.8 Å². The molecule has 5 nitrogen and oxygen atoms in total. The van der Waals surface area contributed by atoms with Gasteiger partial charge in [0, 0.05) is 35.7 Å². The molecule has 1 saturated heterocycles. The fourth-order valence-corrected chi connectivity index (χ4v) is 3.96. The van der Waals surface area contributed by atoms with Gasteiger partial charge in [0.25, 0.3) is 6.43 Å². The van der Waals surface area contributed by atoms with E-state index in [0.717, 1.165) is 36.8 Å². The summed E-state index contributed by atoms with van der Waals surface area (Å²) in [5.41, 5.74) is 1.44. The van der Waals surface area contributed by atoms with Gasteiger partial charge >= 0.3 is 0 Å². The molecule has 1 fully saturated rings. The van der Waals surface area contributed by atoms with Gasteiger partial charge in [-0.25, -0.2) is 8.78 Å². The second kappa shape index (κ2) is 7.64. The number of benzene rings is 1. The Morgan fingerprint density at radius 3 is 2.68 bits per heavy atom. The molecule has 0 atom stereocenters. The van der Waals surface area contributed by atoms with Crippen molar-refractivity contribution >= 4 is 34.0 Å². The first-order valence-electron chi connectivity index (χ1n) is 9.28. The molecule has 8 heteroatoms. The molecule has 1 aliphatic rings. The van der Waals surface area contributed by atoms with Crippen LogP contribution in [0.5, 0.6) is 0 Å². The molecule has 1 aromatic carbocycles. The van der Waals surface area contributed by atoms with Gasteiger partial charge in [-0.3, -0.25) is 9.67 Å². The summed E-state index contributed by atoms with van der Waals surface area (Å²) in [6.45, 7) is 2.05. The first-order chi connectivity index (χ1) is 13.5. The van der Waals surface area contributed by atoms with Crippen LogP contribution >= 0.6 is 11.6 Å². The van der Waals surface area contributed by atoms with E-state index in [1.807, 2.05) is 18.0 Å². The van der Waals surface area contributed by atoms with Crippen LogP contribution in [-0.2, 0) is 0 Å². The molecule has 4 rings (SSSR count). The lowest BCUT2D eigenvalue weighted by Gasteiger charge is -2.29. The van der Waals surface area contributed by atoms with Crippen molar-refractivity contribution in [3.63, 3.8) is 0 Å². The Hall–Kier alpha value is -2.25. The van der Waals surface area contributed by atoms with Crippen molar-refractivity contribution in [1.82, 2.24) is 19.7 Å². The zero-order valence-corrected chi connectivity index (χ0v) is 16.6. The number of alkyl halides is 2. The third kappa shape index (κ3) is 3.44. The standard InChI is InChI=1S/C20H22ClF2N5/c1-26-9-6-13(7-10-26)28-18-5-8-24-12-16(18)20(25-28)27(2)14-3-4-17(21)15(11-14)19(22)23/h3-5,8,11-13,19H,6-7,9-10H2,1-2H3. The summed E-state index contributed by atoms with van der Waals surface area (Å²) in [5, 5.41) is 5.84. The van der Waals surface area contributed by atoms with E-state index in [0.29, 0.717) is 17.5 Å². The Morgan fingerprint density at radius 2 is 1.96 bits per heavy atom. The minimum Gasteiger partial charge on any atom is -0.327 e. The highest BCUT2D eigenvalue weighted by Gasteiger charge is 2.24. The van der Waals surface area contributed by atoms with E-state index in [1.54, 1.807) is 18.5 Å². The second-order valence-electron chi connectivity index (χ2n) is 7.26. The summed E-state index contributed by atoms with van der Waals surface area (Å²) in [6, 6.07) is 6.92. The number of nitrogens with zero attached hydrogens (tertiary/aromatic N) is 5. The zero-order chi connectivity index (χ0) is 19.8. The number of likely N-dealkylation sites (tertiary alicyclic amines) is 1. The maximum atomic E-state index is 13.3. The molecule has 2 aromatic heterocycles. The average molecular weight is 406 g/mol. The van der Waals surface area contributed by atoms with Crippen LogP contribution in [0, 0.1) is 0 Å². The Morgan fingerprint density at radius 1 is 1.21 bits per heavy atom. The third-order valence-electron chi connectivity index (χ3n) is 5.44. The van der Waals surface area contributed by atoms with Crippen LogP contribution in [0.25, 0.3) is 10.9 Å². The first kappa shape index (κ1) is 19.1. The minimum atomic E-state index is -2.63. The molecule has 148 valence electrons. The van der Waals surface area contributed by atoms with Crippen LogP contribution in [0.1, 0.15) is 30.9 Å². The molecule has 0 bridgehead atoms. The topological polar surface area (TPSA) is 37.2 Å². The smallest absolute Gasteiger partial charge is 0.265 e. The van der Waals surface area contributed by atoms with Crippen molar-refractivity contribution in [3.8, 4) is 0 Å². The van der Waals surface area contributed by atoms with Gasteiger partial charge in [-0.2, -0.15) is 5.10 Å². The molecular formula is C20H22ClF2N5. The van der Waals surface area contributed by atoms with Gasteiger partial charge in [-0.05, 0) is 57.2 Å². The lowest BCUT2D eigenvalue weighted by Crippen LogP contribution is -2.31. The fraction of sp³-hybridized carbons (Fsp3) is 0.400. The maximum absolute atomic E-state index is 13.3. The number of anilines is 2. The monoisotopic (exact) mass is 405 g/mol. The van der Waals surface area contributed by atoms with Gasteiger partial charge in [0.1, 0.15) is 0 Å². The second-order valence-corrected chi connectivity index (χ2v) is 7.67. The lowest BCUT2D eigenvalue weighted by molar-refractivity contribution is 0.151. The van der Waals surface area contributed by atoms with E-state index in [1.165, 1.54) is 12.1 Å². The number of piperidine rings is 1. The van der Waals surface area contributed by atoms with E-state index in [2.05, 4.69) is 21.6 Å². The number of aromatic nitrogens is 3. The van der Waals surface area contributed by atoms with Gasteiger partial charge in [0.05, 0.1) is 16.9 Å². The summed E-state index contributed by atoms with van der Waals surface area (Å²) < 4.78 is 28.6. The molecule has 0 unspecified atom stereocenters. The molecule has 0 saturated carbocycles. The third-order valence-corrected chi connectivity index (χ3v) is 5.79. The molecule has 0 radical (unpaired) electrons. The number of hydrogen-bond acceptors (Lipinski definition) is 4. The van der Waals surface area contributed by atoms with Crippen LogP contribution in [0.2, 0.25) is 5.02 Å². The molecule has 1 aliphatic heterocycles. The van der Waals surface area contributed by atoms with E-state index >= 15 is 0 Å². The van der Waals surface area contributed by atoms with E-state index in [9.17, 15) is 8.78 Å². The van der Waals surface area contributed by atoms with E-state index in [4.69, 9.17) is 16.7 Å². The Bertz CT molecular complexity index is 982. The van der Waals surface area contributed by atoms with Crippen molar-refractivity contribution < 1.29 is 8.78 Å². The average Bonchev–Trinajstić information content (AvgIpc) is 3.08. The van der Waals surface area contributed by atoms with Crippen LogP contribution in [0.4, 0.5) is 20.3 Å². The van der Waals surface area contributed by atoms with Crippen molar-refractivity contribution in [2.45, 2.75) is 25.3 Å². The predicted molar refractivity (Wildman–Crippen MR) is 108 cm³/mol. The quantitative estimate of drug-likeness (QED) is 0.608. The molecule has 28 heavy (non-hydrogen) atoms. The molecule has 0 N–H and O–H groups in total. The fourth-order valence-electron chi connectivity index (χ4n) is 3.76. The van der Waals surface area contributed by atoms with Gasteiger partial charge in [0.2, 0.25) is 0 Å². The summed E-state index contributed by atoms with van der Waals surface area (Å²) in [6.07, 6.45) is 2.96. The van der Waals surface area contributed by atoms with Crippen molar-refractivity contribution in [2.24, 2.45) is 0 Å². The lowest BCUT2D eigenvalue weighted by atomic mass is 10.1. The summed E-state index contributed by atoms with van der Waals surface area (Å²) in [7, 11) is 3.95. The number of fused-ring (bicyclic) bond motifs is 1. The van der Waals surface area contributed by atoms with Crippen molar-refractivity contribution in [1.29, 1.82) is 0 Å². The van der Waals surface area contributed by atoms with Crippen LogP contribution in [0.15, 0.2) is 36.7 Å². The number of pyridine rings is 1. The highest BCUT2D eigenvalue weighted by atomic mass is 35.5. The highest BCUT2D eigenvalue weighted by Crippen LogP contribution is 2.36. The van der Waals surface area contributed by atoms with E-state index < -0.39 is 6.43 Å². The van der Waals surface area contributed by atoms with E-state index in [-0.39, 0.29) is 10.6 Å². The van der Waals surface area contributed by atoms with Crippen LogP contribution < -0.4 is 4.90 Å². The molecule has 3 aromatic rings. The Balaban J connectivity index is 1.76. The SMILES string of the molecule is CN1CCC(n2nc(N(C)c3ccc(Cl)c(C(F)F)c3)c3cnccc32)CC1. The molecule has 0 spiro atoms. The van der Waals surface area contributed by atoms with Crippen molar-refractivity contribution in [2.75, 3.05) is 32.1 Å². The number of halogens is 3. The molecule has 3 heterocycles. The first-order valence-corrected chi connectivity index (χ1v) is 9.65. The predicted octanol–water partition coefficient (Wildman–Crippen LogP) is 5.06. The van der Waals surface area contributed by atoms with Crippen LogP contribution in [0.3, 0.4) is 0 Å². The summed E-state index contributed by atoms with van der Waals surface area (Å²) >= 11 is 5.92. The summed E-state index contributed by atoms with van der Waals surface area (Å²) in [4.78, 5) is 8.38. The largest absolute Gasteiger partial charge is 0.327 e. The number of hydrogen-bond donors (Lipinski definition) is 0. The minimum absolute atomic E-state index is 0.0653. The zero-order valence-electron chi connectivity index (χ0n) is 15.8. The Kier molecular flexibility index (Phi) is 5.21. The van der Waals surface area contributed by atoms with Gasteiger partial charge in [-0.15, -0.1) is 0 Å². The molecule has 0 amide bonds. The Labute approximate surface area is 167 Å². The summed E-state index contributed by atoms with van der Waals surface area (Å²) in [5.74, 6) is 0.699.